The Morgan fingerprint density at radius 1 is 1.06 bits per heavy atom. The second kappa shape index (κ2) is 9.05. The van der Waals surface area contributed by atoms with E-state index in [9.17, 15) is 26.4 Å². The van der Waals surface area contributed by atoms with E-state index < -0.39 is 31.7 Å². The number of halogens is 4. The predicted octanol–water partition coefficient (Wildman–Crippen LogP) is 3.58. The number of amides is 1. The standard InChI is InChI=1S/C20H20ClF3N2O4S/c1-14-2-4-15(5-3-14)30-13-19(27)25-8-10-26(11-9-25)31(28,29)16-6-7-18(21)17(12-16)20(22,23)24/h2-7,12H,8-11,13H2,1H3. The van der Waals surface area contributed by atoms with Gasteiger partial charge in [-0.2, -0.15) is 17.5 Å². The van der Waals surface area contributed by atoms with Gasteiger partial charge in [0.1, 0.15) is 5.75 Å². The second-order valence-corrected chi connectivity index (χ2v) is 9.37. The van der Waals surface area contributed by atoms with Crippen LogP contribution in [0.25, 0.3) is 0 Å². The number of carbonyl (C=O) groups is 1. The first kappa shape index (κ1) is 23.4. The molecule has 0 atom stereocenters. The van der Waals surface area contributed by atoms with Crippen LogP contribution in [0.5, 0.6) is 5.75 Å². The van der Waals surface area contributed by atoms with Gasteiger partial charge in [-0.1, -0.05) is 29.3 Å². The highest BCUT2D eigenvalue weighted by Gasteiger charge is 2.36. The maximum atomic E-state index is 13.1. The third-order valence-corrected chi connectivity index (χ3v) is 7.08. The van der Waals surface area contributed by atoms with Crippen LogP contribution in [0.4, 0.5) is 13.2 Å². The molecule has 0 aromatic heterocycles. The predicted molar refractivity (Wildman–Crippen MR) is 108 cm³/mol. The molecule has 1 aliphatic heterocycles. The summed E-state index contributed by atoms with van der Waals surface area (Å²) >= 11 is 5.57. The molecule has 168 valence electrons. The molecule has 0 radical (unpaired) electrons. The molecular formula is C20H20ClF3N2O4S. The number of sulfonamides is 1. The number of aryl methyl sites for hydroxylation is 1. The first-order chi connectivity index (χ1) is 14.5. The Bertz CT molecular complexity index is 1050. The zero-order valence-corrected chi connectivity index (χ0v) is 18.1. The topological polar surface area (TPSA) is 66.9 Å². The van der Waals surface area contributed by atoms with Crippen molar-refractivity contribution in [2.45, 2.75) is 18.0 Å². The van der Waals surface area contributed by atoms with Gasteiger partial charge in [0.05, 0.1) is 15.5 Å². The van der Waals surface area contributed by atoms with Gasteiger partial charge in [0.25, 0.3) is 5.91 Å². The van der Waals surface area contributed by atoms with Crippen LogP contribution in [0.15, 0.2) is 47.4 Å². The summed E-state index contributed by atoms with van der Waals surface area (Å²) in [4.78, 5) is 13.3. The van der Waals surface area contributed by atoms with Crippen molar-refractivity contribution in [2.75, 3.05) is 32.8 Å². The van der Waals surface area contributed by atoms with Crippen LogP contribution >= 0.6 is 11.6 Å². The maximum Gasteiger partial charge on any atom is 0.417 e. The molecule has 2 aromatic rings. The minimum atomic E-state index is -4.77. The van der Waals surface area contributed by atoms with E-state index in [2.05, 4.69) is 0 Å². The van der Waals surface area contributed by atoms with E-state index in [4.69, 9.17) is 16.3 Å². The average Bonchev–Trinajstić information content (AvgIpc) is 2.72. The van der Waals surface area contributed by atoms with Gasteiger partial charge in [0.2, 0.25) is 10.0 Å². The minimum Gasteiger partial charge on any atom is -0.484 e. The minimum absolute atomic E-state index is 0.0391. The number of rotatable bonds is 5. The largest absolute Gasteiger partial charge is 0.484 e. The van der Waals surface area contributed by atoms with Crippen molar-refractivity contribution >= 4 is 27.5 Å². The summed E-state index contributed by atoms with van der Waals surface area (Å²) in [6, 6.07) is 9.68. The van der Waals surface area contributed by atoms with Gasteiger partial charge in [0.15, 0.2) is 6.61 Å². The number of hydrogen-bond donors (Lipinski definition) is 0. The van der Waals surface area contributed by atoms with Crippen LogP contribution in [0.1, 0.15) is 11.1 Å². The molecule has 0 N–H and O–H groups in total. The molecule has 0 unspecified atom stereocenters. The Balaban J connectivity index is 1.62. The molecule has 0 spiro atoms. The first-order valence-electron chi connectivity index (χ1n) is 9.32. The van der Waals surface area contributed by atoms with Gasteiger partial charge in [-0.05, 0) is 37.3 Å². The van der Waals surface area contributed by atoms with Crippen molar-refractivity contribution in [3.8, 4) is 5.75 Å². The van der Waals surface area contributed by atoms with Crippen LogP contribution in [-0.2, 0) is 21.0 Å². The lowest BCUT2D eigenvalue weighted by molar-refractivity contribution is -0.137. The van der Waals surface area contributed by atoms with Crippen molar-refractivity contribution in [3.05, 3.63) is 58.6 Å². The molecule has 6 nitrogen and oxygen atoms in total. The quantitative estimate of drug-likeness (QED) is 0.661. The fourth-order valence-corrected chi connectivity index (χ4v) is 4.75. The highest BCUT2D eigenvalue weighted by molar-refractivity contribution is 7.89. The smallest absolute Gasteiger partial charge is 0.417 e. The van der Waals surface area contributed by atoms with Crippen molar-refractivity contribution < 1.29 is 31.1 Å². The third kappa shape index (κ3) is 5.50. The molecule has 1 saturated heterocycles. The van der Waals surface area contributed by atoms with E-state index in [0.717, 1.165) is 22.0 Å². The molecule has 3 rings (SSSR count). The zero-order chi connectivity index (χ0) is 22.8. The molecule has 11 heteroatoms. The monoisotopic (exact) mass is 476 g/mol. The van der Waals surface area contributed by atoms with E-state index in [1.165, 1.54) is 4.90 Å². The lowest BCUT2D eigenvalue weighted by Crippen LogP contribution is -2.51. The molecule has 1 fully saturated rings. The Kier molecular flexibility index (Phi) is 6.82. The van der Waals surface area contributed by atoms with E-state index >= 15 is 0 Å². The summed E-state index contributed by atoms with van der Waals surface area (Å²) in [6.07, 6.45) is -4.77. The van der Waals surface area contributed by atoms with Crippen LogP contribution < -0.4 is 4.74 Å². The second-order valence-electron chi connectivity index (χ2n) is 7.03. The third-order valence-electron chi connectivity index (χ3n) is 4.86. The summed E-state index contributed by atoms with van der Waals surface area (Å²) in [5.41, 5.74) is -0.156. The maximum absolute atomic E-state index is 13.1. The highest BCUT2D eigenvalue weighted by Crippen LogP contribution is 2.36. The molecular weight excluding hydrogens is 457 g/mol. The number of ether oxygens (including phenoxy) is 1. The molecule has 0 aliphatic carbocycles. The Labute approximate surface area is 183 Å². The Morgan fingerprint density at radius 3 is 2.26 bits per heavy atom. The summed E-state index contributed by atoms with van der Waals surface area (Å²) in [6.45, 7) is 1.87. The van der Waals surface area contributed by atoms with Gasteiger partial charge >= 0.3 is 6.18 Å². The lowest BCUT2D eigenvalue weighted by Gasteiger charge is -2.34. The van der Waals surface area contributed by atoms with Crippen molar-refractivity contribution in [1.29, 1.82) is 0 Å². The normalized spacial score (nSPS) is 15.7. The number of benzene rings is 2. The Morgan fingerprint density at radius 2 is 1.68 bits per heavy atom. The molecule has 0 saturated carbocycles. The molecule has 2 aromatic carbocycles. The van der Waals surface area contributed by atoms with E-state index in [1.54, 1.807) is 12.1 Å². The van der Waals surface area contributed by atoms with Crippen LogP contribution in [0.2, 0.25) is 5.02 Å². The van der Waals surface area contributed by atoms with E-state index in [-0.39, 0.29) is 38.7 Å². The van der Waals surface area contributed by atoms with Gasteiger partial charge < -0.3 is 9.64 Å². The number of nitrogens with zero attached hydrogens (tertiary/aromatic N) is 2. The molecule has 1 heterocycles. The summed E-state index contributed by atoms with van der Waals surface area (Å²) < 4.78 is 71.3. The zero-order valence-electron chi connectivity index (χ0n) is 16.5. The van der Waals surface area contributed by atoms with Crippen molar-refractivity contribution in [1.82, 2.24) is 9.21 Å². The van der Waals surface area contributed by atoms with Crippen molar-refractivity contribution in [3.63, 3.8) is 0 Å². The average molecular weight is 477 g/mol. The van der Waals surface area contributed by atoms with Crippen LogP contribution in [0, 0.1) is 6.92 Å². The van der Waals surface area contributed by atoms with Crippen LogP contribution in [0.3, 0.4) is 0 Å². The van der Waals surface area contributed by atoms with Crippen LogP contribution in [-0.4, -0.2) is 56.3 Å². The fraction of sp³-hybridized carbons (Fsp3) is 0.350. The summed E-state index contributed by atoms with van der Waals surface area (Å²) in [5.74, 6) is 0.242. The molecule has 1 amide bonds. The summed E-state index contributed by atoms with van der Waals surface area (Å²) in [7, 11) is -4.16. The van der Waals surface area contributed by atoms with Crippen molar-refractivity contribution in [2.24, 2.45) is 0 Å². The summed E-state index contributed by atoms with van der Waals surface area (Å²) in [5, 5.41) is -0.574. The highest BCUT2D eigenvalue weighted by atomic mass is 35.5. The first-order valence-corrected chi connectivity index (χ1v) is 11.1. The number of alkyl halides is 3. The Hall–Kier alpha value is -2.30. The van der Waals surface area contributed by atoms with Gasteiger partial charge in [-0.3, -0.25) is 4.79 Å². The SMILES string of the molecule is Cc1ccc(OCC(=O)N2CCN(S(=O)(=O)c3ccc(Cl)c(C(F)(F)F)c3)CC2)cc1. The molecule has 0 bridgehead atoms. The van der Waals surface area contributed by atoms with Gasteiger partial charge in [-0.15, -0.1) is 0 Å². The number of hydrogen-bond acceptors (Lipinski definition) is 4. The molecule has 1 aliphatic rings. The number of piperazine rings is 1. The number of carbonyl (C=O) groups excluding carboxylic acids is 1. The fourth-order valence-electron chi connectivity index (χ4n) is 3.08. The van der Waals surface area contributed by atoms with E-state index in [0.29, 0.717) is 11.8 Å². The van der Waals surface area contributed by atoms with Gasteiger partial charge in [0, 0.05) is 26.2 Å². The lowest BCUT2D eigenvalue weighted by atomic mass is 10.2. The molecule has 31 heavy (non-hydrogen) atoms. The van der Waals surface area contributed by atoms with Gasteiger partial charge in [-0.25, -0.2) is 8.42 Å². The van der Waals surface area contributed by atoms with E-state index in [1.807, 2.05) is 19.1 Å².